The third kappa shape index (κ3) is 2.29. The molecule has 0 aromatic rings. The minimum Gasteiger partial charge on any atom is -0.372 e. The summed E-state index contributed by atoms with van der Waals surface area (Å²) in [6.45, 7) is 1.13. The third-order valence-electron chi connectivity index (χ3n) is 3.81. The topological polar surface area (TPSA) is 21.3 Å². The number of rotatable bonds is 4. The van der Waals surface area contributed by atoms with E-state index in [0.29, 0.717) is 11.7 Å². The monoisotopic (exact) mass is 197 g/mol. The van der Waals surface area contributed by atoms with Crippen molar-refractivity contribution in [3.63, 3.8) is 0 Å². The molecule has 1 saturated carbocycles. The van der Waals surface area contributed by atoms with Crippen LogP contribution in [0.5, 0.6) is 0 Å². The van der Waals surface area contributed by atoms with E-state index in [1.165, 1.54) is 51.4 Å². The lowest BCUT2D eigenvalue weighted by molar-refractivity contribution is -0.0392. The Kier molecular flexibility index (Phi) is 3.45. The molecule has 0 amide bonds. The average molecular weight is 197 g/mol. The molecule has 2 rings (SSSR count). The van der Waals surface area contributed by atoms with Gasteiger partial charge in [0.2, 0.25) is 0 Å². The van der Waals surface area contributed by atoms with Crippen LogP contribution in [0.1, 0.15) is 51.4 Å². The van der Waals surface area contributed by atoms with E-state index in [4.69, 9.17) is 4.74 Å². The third-order valence-corrected chi connectivity index (χ3v) is 3.81. The van der Waals surface area contributed by atoms with Crippen molar-refractivity contribution in [2.75, 3.05) is 13.6 Å². The van der Waals surface area contributed by atoms with E-state index in [9.17, 15) is 0 Å². The van der Waals surface area contributed by atoms with Gasteiger partial charge >= 0.3 is 0 Å². The van der Waals surface area contributed by atoms with Crippen LogP contribution in [0.25, 0.3) is 0 Å². The number of ether oxygens (including phenoxy) is 1. The first-order chi connectivity index (χ1) is 6.85. The quantitative estimate of drug-likeness (QED) is 0.699. The van der Waals surface area contributed by atoms with Gasteiger partial charge in [-0.15, -0.1) is 0 Å². The molecule has 2 aliphatic rings. The molecule has 2 fully saturated rings. The summed E-state index contributed by atoms with van der Waals surface area (Å²) >= 11 is 0. The van der Waals surface area contributed by atoms with E-state index in [-0.39, 0.29) is 0 Å². The zero-order chi connectivity index (χ0) is 9.86. The number of nitrogens with one attached hydrogen (secondary N) is 1. The first kappa shape index (κ1) is 10.4. The second-order valence-corrected chi connectivity index (χ2v) is 4.91. The highest BCUT2D eigenvalue weighted by molar-refractivity contribution is 4.92. The molecule has 14 heavy (non-hydrogen) atoms. The second kappa shape index (κ2) is 4.63. The molecular formula is C12H23NO. The van der Waals surface area contributed by atoms with Crippen LogP contribution in [0.15, 0.2) is 0 Å². The molecule has 1 spiro atoms. The van der Waals surface area contributed by atoms with Gasteiger partial charge in [-0.25, -0.2) is 0 Å². The Bertz CT molecular complexity index is 175. The van der Waals surface area contributed by atoms with Crippen molar-refractivity contribution in [3.05, 3.63) is 0 Å². The summed E-state index contributed by atoms with van der Waals surface area (Å²) in [4.78, 5) is 0. The Morgan fingerprint density at radius 2 is 2.07 bits per heavy atom. The molecule has 1 atom stereocenters. The molecule has 0 aromatic heterocycles. The highest BCUT2D eigenvalue weighted by Gasteiger charge is 2.41. The first-order valence-electron chi connectivity index (χ1n) is 6.17. The van der Waals surface area contributed by atoms with Gasteiger partial charge < -0.3 is 10.1 Å². The SMILES string of the molecule is CNCCCC1CCC2(CCCC2)O1. The summed E-state index contributed by atoms with van der Waals surface area (Å²) < 4.78 is 6.23. The minimum absolute atomic E-state index is 0.338. The Hall–Kier alpha value is -0.0800. The molecule has 1 aliphatic heterocycles. The Labute approximate surface area is 87.4 Å². The maximum absolute atomic E-state index is 6.23. The fourth-order valence-corrected chi connectivity index (χ4v) is 2.99. The fraction of sp³-hybridized carbons (Fsp3) is 1.00. The minimum atomic E-state index is 0.338. The second-order valence-electron chi connectivity index (χ2n) is 4.91. The molecule has 0 radical (unpaired) electrons. The molecule has 1 heterocycles. The normalized spacial score (nSPS) is 30.2. The lowest BCUT2D eigenvalue weighted by Crippen LogP contribution is -2.25. The number of hydrogen-bond donors (Lipinski definition) is 1. The van der Waals surface area contributed by atoms with Crippen LogP contribution in [0.2, 0.25) is 0 Å². The maximum atomic E-state index is 6.23. The van der Waals surface area contributed by atoms with Gasteiger partial charge in [0, 0.05) is 0 Å². The van der Waals surface area contributed by atoms with Crippen LogP contribution in [0.4, 0.5) is 0 Å². The van der Waals surface area contributed by atoms with E-state index < -0.39 is 0 Å². The van der Waals surface area contributed by atoms with E-state index in [2.05, 4.69) is 5.32 Å². The van der Waals surface area contributed by atoms with Gasteiger partial charge in [-0.2, -0.15) is 0 Å². The van der Waals surface area contributed by atoms with Crippen molar-refractivity contribution in [1.29, 1.82) is 0 Å². The Morgan fingerprint density at radius 1 is 1.29 bits per heavy atom. The Balaban J connectivity index is 1.71. The molecule has 2 nitrogen and oxygen atoms in total. The smallest absolute Gasteiger partial charge is 0.0687 e. The van der Waals surface area contributed by atoms with Gasteiger partial charge in [0.05, 0.1) is 11.7 Å². The van der Waals surface area contributed by atoms with E-state index in [0.717, 1.165) is 6.54 Å². The number of hydrogen-bond acceptors (Lipinski definition) is 2. The van der Waals surface area contributed by atoms with Crippen molar-refractivity contribution in [2.24, 2.45) is 0 Å². The van der Waals surface area contributed by atoms with Crippen molar-refractivity contribution in [1.82, 2.24) is 5.32 Å². The maximum Gasteiger partial charge on any atom is 0.0687 e. The van der Waals surface area contributed by atoms with Gasteiger partial charge in [0.1, 0.15) is 0 Å². The van der Waals surface area contributed by atoms with Gasteiger partial charge in [-0.3, -0.25) is 0 Å². The molecule has 1 saturated heterocycles. The molecule has 82 valence electrons. The lowest BCUT2D eigenvalue weighted by atomic mass is 9.98. The van der Waals surface area contributed by atoms with Crippen LogP contribution in [-0.4, -0.2) is 25.3 Å². The van der Waals surface area contributed by atoms with Gasteiger partial charge in [0.15, 0.2) is 0 Å². The fourth-order valence-electron chi connectivity index (χ4n) is 2.99. The van der Waals surface area contributed by atoms with Crippen molar-refractivity contribution >= 4 is 0 Å². The summed E-state index contributed by atoms with van der Waals surface area (Å²) in [6.07, 6.45) is 11.2. The van der Waals surface area contributed by atoms with Crippen molar-refractivity contribution < 1.29 is 4.74 Å². The van der Waals surface area contributed by atoms with Gasteiger partial charge in [0.25, 0.3) is 0 Å². The first-order valence-corrected chi connectivity index (χ1v) is 6.17. The van der Waals surface area contributed by atoms with Crippen molar-refractivity contribution in [3.8, 4) is 0 Å². The molecular weight excluding hydrogens is 174 g/mol. The molecule has 2 heteroatoms. The van der Waals surface area contributed by atoms with Crippen LogP contribution in [-0.2, 0) is 4.74 Å². The van der Waals surface area contributed by atoms with E-state index in [1.807, 2.05) is 7.05 Å². The average Bonchev–Trinajstić information content (AvgIpc) is 2.79. The van der Waals surface area contributed by atoms with Gasteiger partial charge in [-0.1, -0.05) is 12.8 Å². The van der Waals surface area contributed by atoms with Crippen LogP contribution in [0, 0.1) is 0 Å². The standard InChI is InChI=1S/C12H23NO/c1-13-10-4-5-11-6-9-12(14-11)7-2-3-8-12/h11,13H,2-10H2,1H3. The van der Waals surface area contributed by atoms with Crippen molar-refractivity contribution in [2.45, 2.75) is 63.1 Å². The summed E-state index contributed by atoms with van der Waals surface area (Å²) in [5.74, 6) is 0. The van der Waals surface area contributed by atoms with Crippen LogP contribution >= 0.6 is 0 Å². The highest BCUT2D eigenvalue weighted by atomic mass is 16.5. The highest BCUT2D eigenvalue weighted by Crippen LogP contribution is 2.44. The Morgan fingerprint density at radius 3 is 2.79 bits per heavy atom. The molecule has 1 aliphatic carbocycles. The lowest BCUT2D eigenvalue weighted by Gasteiger charge is -2.23. The predicted molar refractivity (Wildman–Crippen MR) is 58.5 cm³/mol. The zero-order valence-electron chi connectivity index (χ0n) is 9.35. The molecule has 1 N–H and O–H groups in total. The van der Waals surface area contributed by atoms with Gasteiger partial charge in [-0.05, 0) is 52.1 Å². The van der Waals surface area contributed by atoms with Crippen LogP contribution in [0.3, 0.4) is 0 Å². The molecule has 0 aromatic carbocycles. The van der Waals surface area contributed by atoms with Crippen LogP contribution < -0.4 is 5.32 Å². The summed E-state index contributed by atoms with van der Waals surface area (Å²) in [6, 6.07) is 0. The predicted octanol–water partition coefficient (Wildman–Crippen LogP) is 2.48. The summed E-state index contributed by atoms with van der Waals surface area (Å²) in [5.41, 5.74) is 0.338. The summed E-state index contributed by atoms with van der Waals surface area (Å²) in [5, 5.41) is 3.20. The summed E-state index contributed by atoms with van der Waals surface area (Å²) in [7, 11) is 2.02. The molecule has 0 bridgehead atoms. The van der Waals surface area contributed by atoms with E-state index >= 15 is 0 Å². The largest absolute Gasteiger partial charge is 0.372 e. The zero-order valence-corrected chi connectivity index (χ0v) is 9.35. The molecule has 1 unspecified atom stereocenters. The van der Waals surface area contributed by atoms with E-state index in [1.54, 1.807) is 0 Å².